The van der Waals surface area contributed by atoms with Gasteiger partial charge in [-0.15, -0.1) is 0 Å². The van der Waals surface area contributed by atoms with E-state index in [0.717, 1.165) is 29.0 Å². The molecular formula is C28H24N2O3. The highest BCUT2D eigenvalue weighted by Gasteiger charge is 2.41. The highest BCUT2D eigenvalue weighted by atomic mass is 16.5. The fourth-order valence-corrected chi connectivity index (χ4v) is 4.90. The molecule has 2 atom stereocenters. The van der Waals surface area contributed by atoms with Gasteiger partial charge in [-0.05, 0) is 35.0 Å². The van der Waals surface area contributed by atoms with E-state index in [2.05, 4.69) is 59.6 Å². The van der Waals surface area contributed by atoms with Crippen LogP contribution in [0.1, 0.15) is 35.4 Å². The summed E-state index contributed by atoms with van der Waals surface area (Å²) in [5.41, 5.74) is 4.37. The molecule has 2 aliphatic heterocycles. The molecule has 164 valence electrons. The summed E-state index contributed by atoms with van der Waals surface area (Å²) in [5.74, 6) is 2.26. The van der Waals surface area contributed by atoms with E-state index in [0.29, 0.717) is 11.5 Å². The van der Waals surface area contributed by atoms with E-state index in [1.54, 1.807) is 14.2 Å². The first kappa shape index (κ1) is 19.7. The smallest absolute Gasteiger partial charge is 0.214 e. The molecule has 5 nitrogen and oxygen atoms in total. The van der Waals surface area contributed by atoms with Gasteiger partial charge < -0.3 is 14.2 Å². The number of rotatable bonds is 4. The molecule has 0 spiro atoms. The van der Waals surface area contributed by atoms with Gasteiger partial charge in [-0.2, -0.15) is 5.10 Å². The number of ether oxygens (including phenoxy) is 3. The normalized spacial score (nSPS) is 18.8. The van der Waals surface area contributed by atoms with E-state index in [9.17, 15) is 0 Å². The van der Waals surface area contributed by atoms with Gasteiger partial charge in [0, 0.05) is 23.1 Å². The monoisotopic (exact) mass is 436 g/mol. The lowest BCUT2D eigenvalue weighted by Gasteiger charge is -2.38. The second-order valence-corrected chi connectivity index (χ2v) is 8.30. The lowest BCUT2D eigenvalue weighted by atomic mass is 9.93. The molecule has 0 saturated heterocycles. The molecule has 0 radical (unpaired) electrons. The van der Waals surface area contributed by atoms with Gasteiger partial charge in [0.2, 0.25) is 6.23 Å². The predicted molar refractivity (Wildman–Crippen MR) is 129 cm³/mol. The third-order valence-electron chi connectivity index (χ3n) is 6.49. The van der Waals surface area contributed by atoms with Crippen molar-refractivity contribution < 1.29 is 14.2 Å². The van der Waals surface area contributed by atoms with Crippen molar-refractivity contribution in [3.05, 3.63) is 102 Å². The first-order chi connectivity index (χ1) is 16.3. The zero-order valence-electron chi connectivity index (χ0n) is 18.6. The van der Waals surface area contributed by atoms with Crippen LogP contribution in [0.15, 0.2) is 90.0 Å². The van der Waals surface area contributed by atoms with Crippen LogP contribution in [0.25, 0.3) is 10.8 Å². The third-order valence-corrected chi connectivity index (χ3v) is 6.49. The van der Waals surface area contributed by atoms with Crippen LogP contribution < -0.4 is 14.2 Å². The topological polar surface area (TPSA) is 43.3 Å². The Morgan fingerprint density at radius 2 is 1.64 bits per heavy atom. The van der Waals surface area contributed by atoms with Gasteiger partial charge >= 0.3 is 0 Å². The molecule has 0 amide bonds. The Kier molecular flexibility index (Phi) is 4.68. The summed E-state index contributed by atoms with van der Waals surface area (Å²) in [5, 5.41) is 9.67. The lowest BCUT2D eigenvalue weighted by Crippen LogP contribution is -2.33. The van der Waals surface area contributed by atoms with Crippen molar-refractivity contribution >= 4 is 16.5 Å². The number of fused-ring (bicyclic) bond motifs is 4. The van der Waals surface area contributed by atoms with Crippen molar-refractivity contribution in [1.82, 2.24) is 5.01 Å². The highest BCUT2D eigenvalue weighted by molar-refractivity contribution is 6.11. The molecule has 6 rings (SSSR count). The Morgan fingerprint density at radius 1 is 0.848 bits per heavy atom. The molecule has 0 aliphatic carbocycles. The van der Waals surface area contributed by atoms with E-state index < -0.39 is 0 Å². The zero-order valence-corrected chi connectivity index (χ0v) is 18.6. The number of benzene rings is 4. The maximum Gasteiger partial charge on any atom is 0.214 e. The Hall–Kier alpha value is -3.99. The van der Waals surface area contributed by atoms with Crippen LogP contribution in [-0.2, 0) is 0 Å². The zero-order chi connectivity index (χ0) is 22.4. The number of hydrazone groups is 1. The summed E-state index contributed by atoms with van der Waals surface area (Å²) < 4.78 is 17.5. The molecule has 2 heterocycles. The first-order valence-electron chi connectivity index (χ1n) is 11.1. The molecule has 4 aromatic rings. The molecule has 0 bridgehead atoms. The summed E-state index contributed by atoms with van der Waals surface area (Å²) in [4.78, 5) is 0. The summed E-state index contributed by atoms with van der Waals surface area (Å²) >= 11 is 0. The van der Waals surface area contributed by atoms with Gasteiger partial charge in [0.15, 0.2) is 11.5 Å². The van der Waals surface area contributed by atoms with Crippen LogP contribution in [0.3, 0.4) is 0 Å². The number of para-hydroxylation sites is 1. The Bertz CT molecular complexity index is 1380. The van der Waals surface area contributed by atoms with E-state index in [1.807, 2.05) is 30.3 Å². The van der Waals surface area contributed by atoms with Crippen LogP contribution in [0.2, 0.25) is 0 Å². The molecule has 4 aromatic carbocycles. The van der Waals surface area contributed by atoms with E-state index in [4.69, 9.17) is 19.3 Å². The maximum atomic E-state index is 6.50. The second-order valence-electron chi connectivity index (χ2n) is 8.30. The molecule has 33 heavy (non-hydrogen) atoms. The molecule has 0 N–H and O–H groups in total. The van der Waals surface area contributed by atoms with Crippen LogP contribution in [-0.4, -0.2) is 24.9 Å². The molecule has 2 unspecified atom stereocenters. The SMILES string of the molecule is COc1ccc(C2Oc3ccccc3C3CC(c4cccc5ccccc45)=NN32)cc1OC. The maximum absolute atomic E-state index is 6.50. The standard InChI is InChI=1S/C28H24N2O3/c1-31-26-15-14-19(16-27(26)32-2)28-30-24(22-11-5-6-13-25(22)33-28)17-23(29-30)21-12-7-9-18-8-3-4-10-20(18)21/h3-16,24,28H,17H2,1-2H3. The van der Waals surface area contributed by atoms with Crippen molar-refractivity contribution in [2.24, 2.45) is 5.10 Å². The van der Waals surface area contributed by atoms with Crippen molar-refractivity contribution in [1.29, 1.82) is 0 Å². The Morgan fingerprint density at radius 3 is 2.52 bits per heavy atom. The van der Waals surface area contributed by atoms with Crippen LogP contribution in [0, 0.1) is 0 Å². The van der Waals surface area contributed by atoms with Gasteiger partial charge in [-0.25, -0.2) is 5.01 Å². The summed E-state index contributed by atoms with van der Waals surface area (Å²) in [7, 11) is 3.29. The Balaban J connectivity index is 1.48. The fraction of sp³-hybridized carbons (Fsp3) is 0.179. The summed E-state index contributed by atoms with van der Waals surface area (Å²) in [6.07, 6.45) is 0.454. The van der Waals surface area contributed by atoms with E-state index in [-0.39, 0.29) is 12.3 Å². The van der Waals surface area contributed by atoms with Crippen molar-refractivity contribution in [2.75, 3.05) is 14.2 Å². The number of hydrogen-bond acceptors (Lipinski definition) is 5. The van der Waals surface area contributed by atoms with Crippen molar-refractivity contribution in [2.45, 2.75) is 18.7 Å². The summed E-state index contributed by atoms with van der Waals surface area (Å²) in [6, 6.07) is 29.1. The van der Waals surface area contributed by atoms with Gasteiger partial charge in [0.05, 0.1) is 26.0 Å². The minimum absolute atomic E-state index is 0.0991. The number of methoxy groups -OCH3 is 2. The highest BCUT2D eigenvalue weighted by Crippen LogP contribution is 2.48. The van der Waals surface area contributed by atoms with Crippen LogP contribution in [0.4, 0.5) is 0 Å². The van der Waals surface area contributed by atoms with Gasteiger partial charge in [0.25, 0.3) is 0 Å². The van der Waals surface area contributed by atoms with E-state index >= 15 is 0 Å². The third kappa shape index (κ3) is 3.20. The van der Waals surface area contributed by atoms with Crippen molar-refractivity contribution in [3.63, 3.8) is 0 Å². The minimum atomic E-state index is -0.364. The number of nitrogens with zero attached hydrogens (tertiary/aromatic N) is 2. The Labute approximate surface area is 192 Å². The summed E-state index contributed by atoms with van der Waals surface area (Å²) in [6.45, 7) is 0. The van der Waals surface area contributed by atoms with Gasteiger partial charge in [0.1, 0.15) is 5.75 Å². The largest absolute Gasteiger partial charge is 0.493 e. The minimum Gasteiger partial charge on any atom is -0.493 e. The average molecular weight is 437 g/mol. The average Bonchev–Trinajstić information content (AvgIpc) is 3.33. The molecule has 0 fully saturated rings. The van der Waals surface area contributed by atoms with Crippen LogP contribution >= 0.6 is 0 Å². The van der Waals surface area contributed by atoms with Gasteiger partial charge in [-0.1, -0.05) is 60.7 Å². The molecule has 0 aromatic heterocycles. The molecule has 0 saturated carbocycles. The molecule has 5 heteroatoms. The molecular weight excluding hydrogens is 412 g/mol. The fourth-order valence-electron chi connectivity index (χ4n) is 4.90. The van der Waals surface area contributed by atoms with Crippen LogP contribution in [0.5, 0.6) is 17.2 Å². The van der Waals surface area contributed by atoms with E-state index in [1.165, 1.54) is 16.3 Å². The number of hydrogen-bond donors (Lipinski definition) is 0. The second kappa shape index (κ2) is 7.85. The first-order valence-corrected chi connectivity index (χ1v) is 11.1. The predicted octanol–water partition coefficient (Wildman–Crippen LogP) is 6.10. The lowest BCUT2D eigenvalue weighted by molar-refractivity contribution is -0.0191. The molecule has 2 aliphatic rings. The van der Waals surface area contributed by atoms with Crippen molar-refractivity contribution in [3.8, 4) is 17.2 Å². The van der Waals surface area contributed by atoms with Gasteiger partial charge in [-0.3, -0.25) is 0 Å². The quantitative estimate of drug-likeness (QED) is 0.388.